The van der Waals surface area contributed by atoms with E-state index in [0.717, 1.165) is 5.56 Å². The van der Waals surface area contributed by atoms with Gasteiger partial charge in [-0.2, -0.15) is 5.11 Å². The van der Waals surface area contributed by atoms with Crippen molar-refractivity contribution in [1.29, 1.82) is 5.53 Å². The highest BCUT2D eigenvalue weighted by Gasteiger charge is 1.80. The van der Waals surface area contributed by atoms with Crippen LogP contribution in [0.15, 0.2) is 41.5 Å². The first-order valence-electron chi connectivity index (χ1n) is 3.27. The molecule has 2 nitrogen and oxygen atoms in total. The van der Waals surface area contributed by atoms with Crippen molar-refractivity contribution in [1.82, 2.24) is 0 Å². The Labute approximate surface area is 66.1 Å². The molecule has 1 aromatic rings. The SMILES string of the molecule is N=N[C]C=Cc1ccccc1. The molecule has 0 bridgehead atoms. The van der Waals surface area contributed by atoms with Crippen molar-refractivity contribution >= 4 is 6.08 Å². The van der Waals surface area contributed by atoms with Gasteiger partial charge in [-0.25, -0.2) is 5.53 Å². The van der Waals surface area contributed by atoms with E-state index in [1.165, 1.54) is 0 Å². The van der Waals surface area contributed by atoms with Gasteiger partial charge in [0.05, 0.1) is 0 Å². The summed E-state index contributed by atoms with van der Waals surface area (Å²) in [5, 5.41) is 2.96. The molecule has 54 valence electrons. The molecular formula is C9H8N2. The van der Waals surface area contributed by atoms with Crippen LogP contribution in [0.5, 0.6) is 0 Å². The van der Waals surface area contributed by atoms with E-state index in [0.29, 0.717) is 0 Å². The number of nitrogens with zero attached hydrogens (tertiary/aromatic N) is 1. The number of benzene rings is 1. The van der Waals surface area contributed by atoms with Crippen LogP contribution in [0.4, 0.5) is 0 Å². The second-order valence-electron chi connectivity index (χ2n) is 1.98. The fourth-order valence-corrected chi connectivity index (χ4v) is 0.735. The Hall–Kier alpha value is -1.44. The number of nitrogens with one attached hydrogen (secondary N) is 1. The molecule has 1 aromatic carbocycles. The van der Waals surface area contributed by atoms with Gasteiger partial charge in [-0.3, -0.25) is 0 Å². The molecular weight excluding hydrogens is 136 g/mol. The predicted octanol–water partition coefficient (Wildman–Crippen LogP) is 2.77. The summed E-state index contributed by atoms with van der Waals surface area (Å²) < 4.78 is 0. The zero-order valence-corrected chi connectivity index (χ0v) is 5.99. The highest BCUT2D eigenvalue weighted by Crippen LogP contribution is 2.01. The van der Waals surface area contributed by atoms with E-state index in [1.807, 2.05) is 36.4 Å². The Balaban J connectivity index is 2.57. The Bertz CT molecular complexity index is 239. The molecule has 2 radical (unpaired) electrons. The summed E-state index contributed by atoms with van der Waals surface area (Å²) in [5.74, 6) is 0. The van der Waals surface area contributed by atoms with Gasteiger partial charge in [0.25, 0.3) is 0 Å². The maximum atomic E-state index is 6.43. The molecule has 0 heterocycles. The van der Waals surface area contributed by atoms with Gasteiger partial charge in [-0.1, -0.05) is 36.4 Å². The second kappa shape index (κ2) is 4.39. The topological polar surface area (TPSA) is 36.2 Å². The summed E-state index contributed by atoms with van der Waals surface area (Å²) in [6, 6.07) is 9.82. The monoisotopic (exact) mass is 144 g/mol. The van der Waals surface area contributed by atoms with Crippen LogP contribution in [-0.4, -0.2) is 0 Å². The summed E-state index contributed by atoms with van der Waals surface area (Å²) in [5.41, 5.74) is 7.52. The summed E-state index contributed by atoms with van der Waals surface area (Å²) >= 11 is 0. The van der Waals surface area contributed by atoms with E-state index >= 15 is 0 Å². The van der Waals surface area contributed by atoms with Crippen molar-refractivity contribution < 1.29 is 0 Å². The number of rotatable bonds is 3. The van der Waals surface area contributed by atoms with Crippen molar-refractivity contribution in [2.75, 3.05) is 0 Å². The first-order valence-corrected chi connectivity index (χ1v) is 3.27. The molecule has 0 spiro atoms. The molecule has 0 atom stereocenters. The van der Waals surface area contributed by atoms with E-state index < -0.39 is 0 Å². The van der Waals surface area contributed by atoms with Gasteiger partial charge in [-0.15, -0.1) is 0 Å². The van der Waals surface area contributed by atoms with Crippen molar-refractivity contribution in [3.8, 4) is 0 Å². The standard InChI is InChI=1S/C9H8N2/c10-11-8-4-7-9-5-2-1-3-6-9/h1-7,10H. The molecule has 0 saturated heterocycles. The van der Waals surface area contributed by atoms with Gasteiger partial charge >= 0.3 is 0 Å². The normalized spacial score (nSPS) is 10.2. The third kappa shape index (κ3) is 2.76. The Morgan fingerprint density at radius 3 is 2.64 bits per heavy atom. The third-order valence-corrected chi connectivity index (χ3v) is 1.21. The van der Waals surface area contributed by atoms with E-state index in [-0.39, 0.29) is 0 Å². The van der Waals surface area contributed by atoms with E-state index in [2.05, 4.69) is 11.7 Å². The summed E-state index contributed by atoms with van der Waals surface area (Å²) in [6.45, 7) is 2.41. The zero-order valence-electron chi connectivity index (χ0n) is 5.99. The Kier molecular flexibility index (Phi) is 3.06. The lowest BCUT2D eigenvalue weighted by Gasteiger charge is -1.87. The maximum Gasteiger partial charge on any atom is 0.166 e. The molecule has 0 unspecified atom stereocenters. The highest BCUT2D eigenvalue weighted by atomic mass is 14.9. The average Bonchev–Trinajstić information content (AvgIpc) is 2.07. The molecule has 11 heavy (non-hydrogen) atoms. The fourth-order valence-electron chi connectivity index (χ4n) is 0.735. The van der Waals surface area contributed by atoms with Crippen molar-refractivity contribution in [3.63, 3.8) is 0 Å². The smallest absolute Gasteiger partial charge is 0.166 e. The molecule has 0 aliphatic heterocycles. The van der Waals surface area contributed by atoms with Crippen molar-refractivity contribution in [2.45, 2.75) is 0 Å². The lowest BCUT2D eigenvalue weighted by atomic mass is 10.2. The third-order valence-electron chi connectivity index (χ3n) is 1.21. The molecule has 0 aliphatic carbocycles. The van der Waals surface area contributed by atoms with Crippen LogP contribution >= 0.6 is 0 Å². The highest BCUT2D eigenvalue weighted by molar-refractivity contribution is 5.49. The van der Waals surface area contributed by atoms with Crippen LogP contribution in [0.1, 0.15) is 5.56 Å². The first kappa shape index (κ1) is 7.66. The van der Waals surface area contributed by atoms with Gasteiger partial charge in [0.1, 0.15) is 0 Å². The molecule has 0 aromatic heterocycles. The van der Waals surface area contributed by atoms with Crippen LogP contribution in [0, 0.1) is 12.1 Å². The van der Waals surface area contributed by atoms with Gasteiger partial charge in [-0.05, 0) is 11.6 Å². The van der Waals surface area contributed by atoms with Gasteiger partial charge in [0.15, 0.2) is 6.54 Å². The van der Waals surface area contributed by atoms with Gasteiger partial charge in [0.2, 0.25) is 0 Å². The Morgan fingerprint density at radius 1 is 1.27 bits per heavy atom. The minimum Gasteiger partial charge on any atom is -0.209 e. The molecule has 2 heteroatoms. The predicted molar refractivity (Wildman–Crippen MR) is 43.9 cm³/mol. The molecule has 1 N–H and O–H groups in total. The van der Waals surface area contributed by atoms with E-state index in [9.17, 15) is 0 Å². The largest absolute Gasteiger partial charge is 0.209 e. The van der Waals surface area contributed by atoms with Crippen LogP contribution in [0.25, 0.3) is 6.08 Å². The van der Waals surface area contributed by atoms with E-state index in [1.54, 1.807) is 6.08 Å². The molecule has 0 saturated carbocycles. The lowest BCUT2D eigenvalue weighted by Crippen LogP contribution is -1.67. The summed E-state index contributed by atoms with van der Waals surface area (Å²) in [4.78, 5) is 0. The van der Waals surface area contributed by atoms with Crippen LogP contribution < -0.4 is 0 Å². The minimum absolute atomic E-state index is 1.09. The number of hydrogen-bond donors (Lipinski definition) is 1. The molecule has 1 rings (SSSR count). The molecule has 0 fully saturated rings. The summed E-state index contributed by atoms with van der Waals surface area (Å²) in [7, 11) is 0. The zero-order chi connectivity index (χ0) is 7.94. The second-order valence-corrected chi connectivity index (χ2v) is 1.98. The van der Waals surface area contributed by atoms with Gasteiger partial charge in [0, 0.05) is 0 Å². The van der Waals surface area contributed by atoms with Crippen LogP contribution in [0.2, 0.25) is 0 Å². The fraction of sp³-hybridized carbons (Fsp3) is 0. The lowest BCUT2D eigenvalue weighted by molar-refractivity contribution is 1.09. The van der Waals surface area contributed by atoms with Crippen molar-refractivity contribution in [3.05, 3.63) is 48.5 Å². The minimum atomic E-state index is 1.09. The van der Waals surface area contributed by atoms with Crippen LogP contribution in [-0.2, 0) is 0 Å². The van der Waals surface area contributed by atoms with Crippen LogP contribution in [0.3, 0.4) is 0 Å². The van der Waals surface area contributed by atoms with E-state index in [4.69, 9.17) is 5.53 Å². The first-order chi connectivity index (χ1) is 5.43. The average molecular weight is 144 g/mol. The molecule has 0 amide bonds. The van der Waals surface area contributed by atoms with Gasteiger partial charge < -0.3 is 0 Å². The quantitative estimate of drug-likeness (QED) is 0.633. The number of hydrogen-bond acceptors (Lipinski definition) is 2. The molecule has 0 aliphatic rings. The van der Waals surface area contributed by atoms with Crippen molar-refractivity contribution in [2.24, 2.45) is 5.11 Å². The summed E-state index contributed by atoms with van der Waals surface area (Å²) in [6.07, 6.45) is 3.46. The Morgan fingerprint density at radius 2 is 2.00 bits per heavy atom. The maximum absolute atomic E-state index is 6.43.